The smallest absolute Gasteiger partial charge is 0.162 e. The van der Waals surface area contributed by atoms with Gasteiger partial charge in [-0.1, -0.05) is 54.6 Å². The second kappa shape index (κ2) is 8.13. The van der Waals surface area contributed by atoms with Gasteiger partial charge in [0.05, 0.1) is 5.60 Å². The van der Waals surface area contributed by atoms with Gasteiger partial charge in [0.2, 0.25) is 0 Å². The topological polar surface area (TPSA) is 21.7 Å². The molecule has 0 fully saturated rings. The molecule has 3 nitrogen and oxygen atoms in total. The Morgan fingerprint density at radius 3 is 2.60 bits per heavy atom. The minimum atomic E-state index is -0.275. The largest absolute Gasteiger partial charge is 0.356 e. The molecule has 1 heterocycles. The van der Waals surface area contributed by atoms with Crippen molar-refractivity contribution in [2.24, 2.45) is 0 Å². The number of hydrogen-bond acceptors (Lipinski definition) is 3. The van der Waals surface area contributed by atoms with Crippen LogP contribution in [-0.4, -0.2) is 31.9 Å². The number of ether oxygens (including phenoxy) is 2. The van der Waals surface area contributed by atoms with Crippen LogP contribution >= 0.6 is 0 Å². The highest BCUT2D eigenvalue weighted by Crippen LogP contribution is 2.39. The maximum atomic E-state index is 6.31. The van der Waals surface area contributed by atoms with Gasteiger partial charge < -0.3 is 14.4 Å². The Morgan fingerprint density at radius 2 is 1.84 bits per heavy atom. The highest BCUT2D eigenvalue weighted by atomic mass is 16.7. The van der Waals surface area contributed by atoms with Crippen LogP contribution in [0.3, 0.4) is 0 Å². The summed E-state index contributed by atoms with van der Waals surface area (Å²) in [5.74, 6) is 0. The van der Waals surface area contributed by atoms with Gasteiger partial charge in [-0.05, 0) is 50.0 Å². The van der Waals surface area contributed by atoms with E-state index in [0.717, 1.165) is 32.4 Å². The van der Waals surface area contributed by atoms with E-state index >= 15 is 0 Å². The molecule has 0 saturated heterocycles. The third kappa shape index (κ3) is 4.49. The molecule has 2 aromatic rings. The Morgan fingerprint density at radius 1 is 1.12 bits per heavy atom. The molecule has 25 heavy (non-hydrogen) atoms. The minimum Gasteiger partial charge on any atom is -0.356 e. The molecule has 0 radical (unpaired) electrons. The summed E-state index contributed by atoms with van der Waals surface area (Å²) in [7, 11) is 3.91. The van der Waals surface area contributed by atoms with Gasteiger partial charge in [-0.25, -0.2) is 0 Å². The van der Waals surface area contributed by atoms with Crippen LogP contribution in [0, 0.1) is 0 Å². The predicted molar refractivity (Wildman–Crippen MR) is 101 cm³/mol. The maximum absolute atomic E-state index is 6.31. The van der Waals surface area contributed by atoms with Crippen LogP contribution in [0.5, 0.6) is 0 Å². The summed E-state index contributed by atoms with van der Waals surface area (Å²) in [4.78, 5) is 2.38. The van der Waals surface area contributed by atoms with Crippen LogP contribution < -0.4 is 0 Å². The molecule has 134 valence electrons. The molecule has 1 aliphatic heterocycles. The first-order valence-electron chi connectivity index (χ1n) is 9.12. The molecule has 0 amide bonds. The molecule has 1 aliphatic rings. The lowest BCUT2D eigenvalue weighted by Gasteiger charge is -2.40. The van der Waals surface area contributed by atoms with E-state index in [1.165, 1.54) is 16.7 Å². The van der Waals surface area contributed by atoms with Crippen LogP contribution in [0.1, 0.15) is 36.5 Å². The molecule has 0 aliphatic carbocycles. The average molecular weight is 339 g/mol. The number of benzene rings is 2. The van der Waals surface area contributed by atoms with Crippen LogP contribution in [-0.2, 0) is 28.0 Å². The number of hydrogen-bond donors (Lipinski definition) is 0. The summed E-state index contributed by atoms with van der Waals surface area (Å²) in [6.07, 6.45) is 2.76. The molecule has 0 N–H and O–H groups in total. The second-order valence-corrected chi connectivity index (χ2v) is 7.20. The molecular weight excluding hydrogens is 310 g/mol. The van der Waals surface area contributed by atoms with Crippen molar-refractivity contribution < 1.29 is 9.47 Å². The van der Waals surface area contributed by atoms with Crippen LogP contribution in [0.2, 0.25) is 0 Å². The van der Waals surface area contributed by atoms with E-state index in [9.17, 15) is 0 Å². The lowest BCUT2D eigenvalue weighted by atomic mass is 9.84. The SMILES string of the molecule is CO[C@@H]1Cc2ccccc2[C@](C)(CCCN(C)Cc2ccccc2)O1. The maximum Gasteiger partial charge on any atom is 0.162 e. The Hall–Kier alpha value is -1.68. The first kappa shape index (κ1) is 18.1. The van der Waals surface area contributed by atoms with Crippen LogP contribution in [0.4, 0.5) is 0 Å². The number of rotatable bonds is 7. The second-order valence-electron chi connectivity index (χ2n) is 7.20. The van der Waals surface area contributed by atoms with E-state index in [4.69, 9.17) is 9.47 Å². The van der Waals surface area contributed by atoms with Crippen LogP contribution in [0.15, 0.2) is 54.6 Å². The molecule has 0 saturated carbocycles. The van der Waals surface area contributed by atoms with Gasteiger partial charge in [0.1, 0.15) is 0 Å². The highest BCUT2D eigenvalue weighted by molar-refractivity contribution is 5.34. The van der Waals surface area contributed by atoms with Crippen molar-refractivity contribution in [3.8, 4) is 0 Å². The normalized spacial score (nSPS) is 22.8. The van der Waals surface area contributed by atoms with Gasteiger partial charge in [0, 0.05) is 20.1 Å². The first-order valence-corrected chi connectivity index (χ1v) is 9.12. The van der Waals surface area contributed by atoms with Gasteiger partial charge >= 0.3 is 0 Å². The Kier molecular flexibility index (Phi) is 5.89. The molecule has 2 aromatic carbocycles. The van der Waals surface area contributed by atoms with Crippen molar-refractivity contribution in [3.63, 3.8) is 0 Å². The third-order valence-electron chi connectivity index (χ3n) is 5.12. The Labute approximate surface area is 151 Å². The first-order chi connectivity index (χ1) is 12.1. The van der Waals surface area contributed by atoms with Crippen molar-refractivity contribution >= 4 is 0 Å². The molecule has 2 atom stereocenters. The van der Waals surface area contributed by atoms with Crippen molar-refractivity contribution in [2.45, 2.75) is 44.6 Å². The lowest BCUT2D eigenvalue weighted by molar-refractivity contribution is -0.209. The van der Waals surface area contributed by atoms with Crippen molar-refractivity contribution in [3.05, 3.63) is 71.3 Å². The van der Waals surface area contributed by atoms with E-state index in [2.05, 4.69) is 73.5 Å². The van der Waals surface area contributed by atoms with Gasteiger partial charge in [-0.15, -0.1) is 0 Å². The summed E-state index contributed by atoms with van der Waals surface area (Å²) in [6, 6.07) is 19.2. The average Bonchev–Trinajstić information content (AvgIpc) is 2.62. The van der Waals surface area contributed by atoms with Crippen molar-refractivity contribution in [1.82, 2.24) is 4.90 Å². The third-order valence-corrected chi connectivity index (χ3v) is 5.12. The summed E-state index contributed by atoms with van der Waals surface area (Å²) >= 11 is 0. The van der Waals surface area contributed by atoms with Crippen molar-refractivity contribution in [2.75, 3.05) is 20.7 Å². The van der Waals surface area contributed by atoms with Crippen LogP contribution in [0.25, 0.3) is 0 Å². The van der Waals surface area contributed by atoms with E-state index in [1.807, 2.05) is 0 Å². The Balaban J connectivity index is 1.60. The molecule has 0 spiro atoms. The highest BCUT2D eigenvalue weighted by Gasteiger charge is 2.37. The van der Waals surface area contributed by atoms with E-state index < -0.39 is 0 Å². The van der Waals surface area contributed by atoms with Gasteiger partial charge in [-0.2, -0.15) is 0 Å². The fraction of sp³-hybridized carbons (Fsp3) is 0.455. The van der Waals surface area contributed by atoms with E-state index in [1.54, 1.807) is 7.11 Å². The lowest BCUT2D eigenvalue weighted by Crippen LogP contribution is -2.39. The van der Waals surface area contributed by atoms with E-state index in [0.29, 0.717) is 0 Å². The molecule has 0 unspecified atom stereocenters. The van der Waals surface area contributed by atoms with Crippen molar-refractivity contribution in [1.29, 1.82) is 0 Å². The Bertz CT molecular complexity index is 673. The quantitative estimate of drug-likeness (QED) is 0.748. The zero-order valence-corrected chi connectivity index (χ0v) is 15.6. The molecule has 3 rings (SSSR count). The minimum absolute atomic E-state index is 0.151. The summed E-state index contributed by atoms with van der Waals surface area (Å²) in [5.41, 5.74) is 3.74. The zero-order chi connectivity index (χ0) is 17.7. The van der Waals surface area contributed by atoms with Gasteiger partial charge in [0.25, 0.3) is 0 Å². The standard InChI is InChI=1S/C22H29NO2/c1-22(14-9-15-23(2)17-18-10-5-4-6-11-18)20-13-8-7-12-19(20)16-21(24-3)25-22/h4-8,10-13,21H,9,14-17H2,1-3H3/t21-,22-/m0/s1. The molecule has 0 aromatic heterocycles. The fourth-order valence-electron chi connectivity index (χ4n) is 3.77. The number of nitrogens with zero attached hydrogens (tertiary/aromatic N) is 1. The fourth-order valence-corrected chi connectivity index (χ4v) is 3.77. The summed E-state index contributed by atoms with van der Waals surface area (Å²) in [6.45, 7) is 4.23. The molecular formula is C22H29NO2. The monoisotopic (exact) mass is 339 g/mol. The number of fused-ring (bicyclic) bond motifs is 1. The number of methoxy groups -OCH3 is 1. The molecule has 3 heteroatoms. The van der Waals surface area contributed by atoms with Gasteiger partial charge in [0.15, 0.2) is 6.29 Å². The molecule has 0 bridgehead atoms. The zero-order valence-electron chi connectivity index (χ0n) is 15.6. The summed E-state index contributed by atoms with van der Waals surface area (Å²) in [5, 5.41) is 0. The summed E-state index contributed by atoms with van der Waals surface area (Å²) < 4.78 is 11.8. The van der Waals surface area contributed by atoms with E-state index in [-0.39, 0.29) is 11.9 Å². The van der Waals surface area contributed by atoms with Gasteiger partial charge in [-0.3, -0.25) is 0 Å². The predicted octanol–water partition coefficient (Wildman–Crippen LogP) is 4.36.